The lowest BCUT2D eigenvalue weighted by Gasteiger charge is -2.26. The van der Waals surface area contributed by atoms with E-state index in [1.165, 1.54) is 0 Å². The fraction of sp³-hybridized carbons (Fsp3) is 0.529. The normalized spacial score (nSPS) is 21.1. The summed E-state index contributed by atoms with van der Waals surface area (Å²) >= 11 is 0. The van der Waals surface area contributed by atoms with Crippen LogP contribution < -0.4 is 15.4 Å². The number of carbonyl (C=O) groups is 2. The average molecular weight is 304 g/mol. The maximum absolute atomic E-state index is 12.1. The molecule has 0 aliphatic carbocycles. The lowest BCUT2D eigenvalue weighted by molar-refractivity contribution is -0.132. The number of benzene rings is 1. The van der Waals surface area contributed by atoms with Crippen LogP contribution >= 0.6 is 0 Å². The minimum absolute atomic E-state index is 0.0424. The molecule has 2 N–H and O–H groups in total. The Kier molecular flexibility index (Phi) is 5.41. The molecular weight excluding hydrogens is 280 g/mol. The minimum atomic E-state index is -0.407. The molecule has 5 nitrogen and oxygen atoms in total. The Morgan fingerprint density at radius 2 is 2.23 bits per heavy atom. The number of carbonyl (C=O) groups excluding carboxylic acids is 2. The topological polar surface area (TPSA) is 67.4 Å². The second-order valence-corrected chi connectivity index (χ2v) is 6.02. The Balaban J connectivity index is 1.87. The van der Waals surface area contributed by atoms with E-state index < -0.39 is 6.04 Å². The number of nitrogens with one attached hydrogen (secondary N) is 2. The highest BCUT2D eigenvalue weighted by Gasteiger charge is 2.28. The molecule has 0 bridgehead atoms. The Morgan fingerprint density at radius 1 is 1.45 bits per heavy atom. The maximum atomic E-state index is 12.1. The van der Waals surface area contributed by atoms with Crippen LogP contribution in [0.25, 0.3) is 0 Å². The van der Waals surface area contributed by atoms with Gasteiger partial charge in [-0.1, -0.05) is 24.6 Å². The summed E-state index contributed by atoms with van der Waals surface area (Å²) in [4.78, 5) is 23.6. The Morgan fingerprint density at radius 3 is 2.91 bits per heavy atom. The molecule has 1 saturated heterocycles. The van der Waals surface area contributed by atoms with Crippen LogP contribution in [-0.4, -0.2) is 31.5 Å². The molecular formula is C17H24N2O3. The maximum Gasteiger partial charge on any atom is 0.242 e. The molecule has 2 amide bonds. The molecule has 1 fully saturated rings. The van der Waals surface area contributed by atoms with E-state index in [1.807, 2.05) is 26.0 Å². The smallest absolute Gasteiger partial charge is 0.242 e. The number of amides is 2. The van der Waals surface area contributed by atoms with E-state index in [-0.39, 0.29) is 17.7 Å². The van der Waals surface area contributed by atoms with Gasteiger partial charge in [0, 0.05) is 13.0 Å². The van der Waals surface area contributed by atoms with Gasteiger partial charge in [0.25, 0.3) is 0 Å². The summed E-state index contributed by atoms with van der Waals surface area (Å²) in [5.41, 5.74) is 2.24. The molecule has 1 aliphatic heterocycles. The van der Waals surface area contributed by atoms with Crippen molar-refractivity contribution in [1.82, 2.24) is 10.6 Å². The van der Waals surface area contributed by atoms with Crippen molar-refractivity contribution in [2.75, 3.05) is 13.7 Å². The van der Waals surface area contributed by atoms with Gasteiger partial charge in [-0.05, 0) is 37.3 Å². The first-order valence-corrected chi connectivity index (χ1v) is 7.70. The number of methoxy groups -OCH3 is 1. The van der Waals surface area contributed by atoms with E-state index in [0.29, 0.717) is 25.8 Å². The zero-order valence-corrected chi connectivity index (χ0v) is 13.4. The van der Waals surface area contributed by atoms with E-state index >= 15 is 0 Å². The van der Waals surface area contributed by atoms with Crippen molar-refractivity contribution in [2.45, 2.75) is 39.2 Å². The summed E-state index contributed by atoms with van der Waals surface area (Å²) in [6, 6.07) is 5.60. The lowest BCUT2D eigenvalue weighted by Crippen LogP contribution is -2.51. The average Bonchev–Trinajstić information content (AvgIpc) is 2.46. The predicted octanol–water partition coefficient (Wildman–Crippen LogP) is 1.58. The standard InChI is InChI=1S/C17H24N2O3/c1-11-4-5-15(22-3)13(8-11)6-7-18-17(21)14-9-12(2)10-16(20)19-14/h4-5,8,12,14H,6-7,9-10H2,1-3H3,(H,18,21)(H,19,20)/t12-,14-/m0/s1. The van der Waals surface area contributed by atoms with Crippen molar-refractivity contribution in [3.05, 3.63) is 29.3 Å². The molecule has 0 aromatic heterocycles. The second kappa shape index (κ2) is 7.29. The molecule has 2 atom stereocenters. The van der Waals surface area contributed by atoms with Gasteiger partial charge in [0.05, 0.1) is 7.11 Å². The SMILES string of the molecule is COc1ccc(C)cc1CCNC(=O)[C@@H]1C[C@H](C)CC(=O)N1. The molecule has 1 aromatic rings. The Hall–Kier alpha value is -2.04. The first-order valence-electron chi connectivity index (χ1n) is 7.70. The fourth-order valence-corrected chi connectivity index (χ4v) is 2.83. The molecule has 0 spiro atoms. The van der Waals surface area contributed by atoms with Crippen molar-refractivity contribution in [3.8, 4) is 5.75 Å². The Labute approximate surface area is 131 Å². The van der Waals surface area contributed by atoms with Gasteiger partial charge >= 0.3 is 0 Å². The summed E-state index contributed by atoms with van der Waals surface area (Å²) < 4.78 is 5.33. The molecule has 2 rings (SSSR count). The monoisotopic (exact) mass is 304 g/mol. The number of ether oxygens (including phenoxy) is 1. The van der Waals surface area contributed by atoms with E-state index in [0.717, 1.165) is 16.9 Å². The van der Waals surface area contributed by atoms with Gasteiger partial charge in [0.2, 0.25) is 11.8 Å². The molecule has 22 heavy (non-hydrogen) atoms. The van der Waals surface area contributed by atoms with Crippen molar-refractivity contribution in [3.63, 3.8) is 0 Å². The summed E-state index contributed by atoms with van der Waals surface area (Å²) in [7, 11) is 1.64. The number of hydrogen-bond acceptors (Lipinski definition) is 3. The van der Waals surface area contributed by atoms with Crippen LogP contribution in [0.15, 0.2) is 18.2 Å². The molecule has 1 aliphatic rings. The number of rotatable bonds is 5. The molecule has 1 heterocycles. The Bertz CT molecular complexity index is 557. The van der Waals surface area contributed by atoms with Crippen LogP contribution in [0.3, 0.4) is 0 Å². The fourth-order valence-electron chi connectivity index (χ4n) is 2.83. The highest BCUT2D eigenvalue weighted by atomic mass is 16.5. The highest BCUT2D eigenvalue weighted by Crippen LogP contribution is 2.20. The zero-order valence-electron chi connectivity index (χ0n) is 13.4. The van der Waals surface area contributed by atoms with Crippen molar-refractivity contribution >= 4 is 11.8 Å². The van der Waals surface area contributed by atoms with Gasteiger partial charge in [0.15, 0.2) is 0 Å². The van der Waals surface area contributed by atoms with Gasteiger partial charge < -0.3 is 15.4 Å². The highest BCUT2D eigenvalue weighted by molar-refractivity contribution is 5.88. The number of aryl methyl sites for hydroxylation is 1. The predicted molar refractivity (Wildman–Crippen MR) is 84.8 cm³/mol. The molecule has 1 aromatic carbocycles. The lowest BCUT2D eigenvalue weighted by atomic mass is 9.93. The molecule has 5 heteroatoms. The van der Waals surface area contributed by atoms with Crippen molar-refractivity contribution in [1.29, 1.82) is 0 Å². The first-order chi connectivity index (χ1) is 10.5. The largest absolute Gasteiger partial charge is 0.496 e. The van der Waals surface area contributed by atoms with E-state index in [9.17, 15) is 9.59 Å². The quantitative estimate of drug-likeness (QED) is 0.868. The van der Waals surface area contributed by atoms with Crippen LogP contribution in [0.2, 0.25) is 0 Å². The molecule has 0 unspecified atom stereocenters. The van der Waals surface area contributed by atoms with Crippen molar-refractivity contribution in [2.24, 2.45) is 5.92 Å². The van der Waals surface area contributed by atoms with Crippen LogP contribution in [0.4, 0.5) is 0 Å². The molecule has 0 saturated carbocycles. The van der Waals surface area contributed by atoms with Gasteiger partial charge in [-0.3, -0.25) is 9.59 Å². The van der Waals surface area contributed by atoms with E-state index in [4.69, 9.17) is 4.74 Å². The van der Waals surface area contributed by atoms with E-state index in [2.05, 4.69) is 16.7 Å². The third kappa shape index (κ3) is 4.23. The van der Waals surface area contributed by atoms with Gasteiger partial charge in [-0.2, -0.15) is 0 Å². The van der Waals surface area contributed by atoms with Crippen LogP contribution in [-0.2, 0) is 16.0 Å². The van der Waals surface area contributed by atoms with Gasteiger partial charge in [-0.25, -0.2) is 0 Å². The third-order valence-corrected chi connectivity index (χ3v) is 3.95. The summed E-state index contributed by atoms with van der Waals surface area (Å²) in [6.45, 7) is 4.55. The minimum Gasteiger partial charge on any atom is -0.496 e. The van der Waals surface area contributed by atoms with Gasteiger partial charge in [-0.15, -0.1) is 0 Å². The summed E-state index contributed by atoms with van der Waals surface area (Å²) in [5, 5.41) is 5.65. The number of piperidine rings is 1. The molecule has 120 valence electrons. The first kappa shape index (κ1) is 16.3. The van der Waals surface area contributed by atoms with Crippen molar-refractivity contribution < 1.29 is 14.3 Å². The third-order valence-electron chi connectivity index (χ3n) is 3.95. The second-order valence-electron chi connectivity index (χ2n) is 6.02. The number of hydrogen-bond donors (Lipinski definition) is 2. The van der Waals surface area contributed by atoms with Gasteiger partial charge in [0.1, 0.15) is 11.8 Å². The molecule has 0 radical (unpaired) electrons. The van der Waals surface area contributed by atoms with Crippen LogP contribution in [0, 0.1) is 12.8 Å². The summed E-state index contributed by atoms with van der Waals surface area (Å²) in [5.74, 6) is 0.937. The van der Waals surface area contributed by atoms with Crippen LogP contribution in [0.1, 0.15) is 30.9 Å². The van der Waals surface area contributed by atoms with Crippen LogP contribution in [0.5, 0.6) is 5.75 Å². The summed E-state index contributed by atoms with van der Waals surface area (Å²) in [6.07, 6.45) is 1.91. The van der Waals surface area contributed by atoms with E-state index in [1.54, 1.807) is 7.11 Å². The zero-order chi connectivity index (χ0) is 16.1.